The second-order valence-electron chi connectivity index (χ2n) is 4.21. The molecule has 2 rings (SSSR count). The quantitative estimate of drug-likeness (QED) is 0.465. The predicted octanol–water partition coefficient (Wildman–Crippen LogP) is 2.88. The van der Waals surface area contributed by atoms with Crippen LogP contribution in [0.5, 0.6) is 5.75 Å². The lowest BCUT2D eigenvalue weighted by Crippen LogP contribution is -2.17. The van der Waals surface area contributed by atoms with Crippen molar-refractivity contribution in [2.45, 2.75) is 0 Å². The summed E-state index contributed by atoms with van der Waals surface area (Å²) in [4.78, 5) is 25.7. The van der Waals surface area contributed by atoms with Crippen molar-refractivity contribution in [3.63, 3.8) is 0 Å². The summed E-state index contributed by atoms with van der Waals surface area (Å²) in [5.74, 6) is -1.13. The molecule has 10 heteroatoms. The van der Waals surface area contributed by atoms with E-state index >= 15 is 0 Å². The molecule has 1 aromatic heterocycles. The van der Waals surface area contributed by atoms with E-state index in [1.54, 1.807) is 6.07 Å². The maximum Gasteiger partial charge on any atom is 0.312 e. The Morgan fingerprint density at radius 2 is 2.17 bits per heavy atom. The highest BCUT2D eigenvalue weighted by Crippen LogP contribution is 2.32. The van der Waals surface area contributed by atoms with Crippen LogP contribution in [0.15, 0.2) is 40.2 Å². The number of halogens is 2. The van der Waals surface area contributed by atoms with E-state index in [1.807, 2.05) is 0 Å². The van der Waals surface area contributed by atoms with E-state index in [1.165, 1.54) is 18.5 Å². The number of nitro groups is 1. The summed E-state index contributed by atoms with van der Waals surface area (Å²) in [5, 5.41) is 24.3. The Morgan fingerprint density at radius 3 is 2.83 bits per heavy atom. The lowest BCUT2D eigenvalue weighted by atomic mass is 10.2. The van der Waals surface area contributed by atoms with E-state index in [2.05, 4.69) is 31.4 Å². The van der Waals surface area contributed by atoms with Crippen molar-refractivity contribution in [1.82, 2.24) is 10.4 Å². The summed E-state index contributed by atoms with van der Waals surface area (Å²) in [6, 6.07) is 3.83. The number of nitro benzene ring substituents is 1. The summed E-state index contributed by atoms with van der Waals surface area (Å²) in [5.41, 5.74) is 1.92. The van der Waals surface area contributed by atoms with Gasteiger partial charge in [0.15, 0.2) is 0 Å². The van der Waals surface area contributed by atoms with Crippen LogP contribution < -0.4 is 5.43 Å². The van der Waals surface area contributed by atoms with Crippen LogP contribution in [0, 0.1) is 10.1 Å². The first-order valence-electron chi connectivity index (χ1n) is 5.99. The van der Waals surface area contributed by atoms with Gasteiger partial charge in [-0.2, -0.15) is 5.10 Å². The van der Waals surface area contributed by atoms with Crippen molar-refractivity contribution < 1.29 is 14.8 Å². The van der Waals surface area contributed by atoms with Crippen molar-refractivity contribution in [2.75, 3.05) is 0 Å². The second kappa shape index (κ2) is 7.16. The number of aromatic hydroxyl groups is 1. The maximum absolute atomic E-state index is 11.8. The average Bonchev–Trinajstić information content (AvgIpc) is 2.49. The van der Waals surface area contributed by atoms with Gasteiger partial charge in [-0.25, -0.2) is 5.43 Å². The SMILES string of the molecule is O=C(N/N=C\c1cc(Cl)cc([N+](=O)[O-])c1O)c1cncc(Br)c1. The Balaban J connectivity index is 2.18. The predicted molar refractivity (Wildman–Crippen MR) is 86.8 cm³/mol. The number of carbonyl (C=O) groups excluding carboxylic acids is 1. The molecule has 2 aromatic rings. The van der Waals surface area contributed by atoms with E-state index in [4.69, 9.17) is 11.6 Å². The fraction of sp³-hybridized carbons (Fsp3) is 0. The molecule has 1 amide bonds. The molecule has 0 saturated carbocycles. The van der Waals surface area contributed by atoms with Crippen molar-refractivity contribution in [2.24, 2.45) is 5.10 Å². The number of benzene rings is 1. The molecule has 0 spiro atoms. The van der Waals surface area contributed by atoms with Crippen molar-refractivity contribution in [3.05, 3.63) is 61.3 Å². The van der Waals surface area contributed by atoms with Crippen molar-refractivity contribution >= 4 is 45.3 Å². The number of rotatable bonds is 4. The van der Waals surface area contributed by atoms with Gasteiger partial charge in [-0.15, -0.1) is 0 Å². The van der Waals surface area contributed by atoms with Crippen LogP contribution in [0.1, 0.15) is 15.9 Å². The number of carbonyl (C=O) groups is 1. The Morgan fingerprint density at radius 1 is 1.43 bits per heavy atom. The third-order valence-electron chi connectivity index (χ3n) is 2.62. The van der Waals surface area contributed by atoms with Gasteiger partial charge in [0.25, 0.3) is 5.91 Å². The zero-order valence-electron chi connectivity index (χ0n) is 11.2. The van der Waals surface area contributed by atoms with Gasteiger partial charge in [0.2, 0.25) is 5.75 Å². The molecule has 0 atom stereocenters. The Bertz CT molecular complexity index is 813. The lowest BCUT2D eigenvalue weighted by Gasteiger charge is -2.02. The van der Waals surface area contributed by atoms with Crippen LogP contribution in [-0.4, -0.2) is 27.1 Å². The van der Waals surface area contributed by atoms with E-state index in [9.17, 15) is 20.0 Å². The minimum Gasteiger partial charge on any atom is -0.502 e. The molecule has 1 heterocycles. The molecule has 0 bridgehead atoms. The first-order valence-corrected chi connectivity index (χ1v) is 7.16. The van der Waals surface area contributed by atoms with E-state index in [0.717, 1.165) is 12.3 Å². The fourth-order valence-electron chi connectivity index (χ4n) is 1.60. The highest BCUT2D eigenvalue weighted by Gasteiger charge is 2.17. The van der Waals surface area contributed by atoms with Crippen LogP contribution in [0.3, 0.4) is 0 Å². The molecule has 0 radical (unpaired) electrons. The monoisotopic (exact) mass is 398 g/mol. The molecule has 0 aliphatic rings. The number of phenolic OH excluding ortho intramolecular Hbond substituents is 1. The third-order valence-corrected chi connectivity index (χ3v) is 3.27. The number of nitrogens with one attached hydrogen (secondary N) is 1. The summed E-state index contributed by atoms with van der Waals surface area (Å²) in [6.07, 6.45) is 3.91. The highest BCUT2D eigenvalue weighted by molar-refractivity contribution is 9.10. The van der Waals surface area contributed by atoms with Crippen LogP contribution >= 0.6 is 27.5 Å². The third kappa shape index (κ3) is 4.24. The van der Waals surface area contributed by atoms with Gasteiger partial charge in [-0.05, 0) is 28.1 Å². The molecule has 0 unspecified atom stereocenters. The van der Waals surface area contributed by atoms with E-state index in [-0.39, 0.29) is 16.1 Å². The minimum atomic E-state index is -0.774. The Kier molecular flexibility index (Phi) is 5.24. The van der Waals surface area contributed by atoms with E-state index < -0.39 is 22.3 Å². The largest absolute Gasteiger partial charge is 0.502 e. The van der Waals surface area contributed by atoms with E-state index in [0.29, 0.717) is 4.47 Å². The summed E-state index contributed by atoms with van der Waals surface area (Å²) < 4.78 is 0.622. The van der Waals surface area contributed by atoms with Gasteiger partial charge in [0, 0.05) is 33.5 Å². The van der Waals surface area contributed by atoms with Crippen LogP contribution in [0.4, 0.5) is 5.69 Å². The molecule has 23 heavy (non-hydrogen) atoms. The first kappa shape index (κ1) is 16.8. The van der Waals surface area contributed by atoms with Crippen LogP contribution in [0.2, 0.25) is 5.02 Å². The molecular weight excluding hydrogens is 392 g/mol. The highest BCUT2D eigenvalue weighted by atomic mass is 79.9. The van der Waals surface area contributed by atoms with Crippen LogP contribution in [0.25, 0.3) is 0 Å². The molecule has 0 fully saturated rings. The molecule has 1 aromatic carbocycles. The summed E-state index contributed by atoms with van der Waals surface area (Å²) in [6.45, 7) is 0. The Hall–Kier alpha value is -2.52. The zero-order chi connectivity index (χ0) is 17.0. The number of amides is 1. The summed E-state index contributed by atoms with van der Waals surface area (Å²) >= 11 is 8.92. The maximum atomic E-state index is 11.8. The average molecular weight is 400 g/mol. The smallest absolute Gasteiger partial charge is 0.312 e. The van der Waals surface area contributed by atoms with Gasteiger partial charge >= 0.3 is 5.69 Å². The van der Waals surface area contributed by atoms with Crippen molar-refractivity contribution in [1.29, 1.82) is 0 Å². The number of hydrazone groups is 1. The van der Waals surface area contributed by atoms with Gasteiger partial charge in [-0.3, -0.25) is 19.9 Å². The molecule has 0 aliphatic carbocycles. The standard InChI is InChI=1S/C13H8BrClN4O4/c14-9-1-8(4-16-6-9)13(21)18-17-5-7-2-10(15)3-11(12(7)20)19(22)23/h1-6,20H,(H,18,21)/b17-5-. The number of phenols is 1. The second-order valence-corrected chi connectivity index (χ2v) is 5.56. The number of hydrogen-bond donors (Lipinski definition) is 2. The number of hydrogen-bond acceptors (Lipinski definition) is 6. The van der Waals surface area contributed by atoms with Gasteiger partial charge in [-0.1, -0.05) is 11.6 Å². The zero-order valence-corrected chi connectivity index (χ0v) is 13.6. The number of nitrogens with zero attached hydrogens (tertiary/aromatic N) is 3. The lowest BCUT2D eigenvalue weighted by molar-refractivity contribution is -0.385. The molecule has 0 aliphatic heterocycles. The molecule has 118 valence electrons. The molecular formula is C13H8BrClN4O4. The summed E-state index contributed by atoms with van der Waals surface area (Å²) in [7, 11) is 0. The van der Waals surface area contributed by atoms with Crippen LogP contribution in [-0.2, 0) is 0 Å². The molecule has 0 saturated heterocycles. The van der Waals surface area contributed by atoms with Gasteiger partial charge < -0.3 is 5.11 Å². The molecule has 2 N–H and O–H groups in total. The molecule has 8 nitrogen and oxygen atoms in total. The topological polar surface area (TPSA) is 118 Å². The number of aromatic nitrogens is 1. The first-order chi connectivity index (χ1) is 10.9. The van der Waals surface area contributed by atoms with Gasteiger partial charge in [0.05, 0.1) is 16.7 Å². The Labute approximate surface area is 143 Å². The fourth-order valence-corrected chi connectivity index (χ4v) is 2.19. The normalized spacial score (nSPS) is 10.7. The minimum absolute atomic E-state index is 0.00290. The van der Waals surface area contributed by atoms with Gasteiger partial charge in [0.1, 0.15) is 0 Å². The van der Waals surface area contributed by atoms with Crippen molar-refractivity contribution in [3.8, 4) is 5.75 Å². The number of pyridine rings is 1.